The van der Waals surface area contributed by atoms with Gasteiger partial charge in [-0.05, 0) is 24.3 Å². The number of aromatic carboxylic acids is 1. The summed E-state index contributed by atoms with van der Waals surface area (Å²) in [6.07, 6.45) is 1.25. The van der Waals surface area contributed by atoms with E-state index < -0.39 is 5.97 Å². The Labute approximate surface area is 119 Å². The van der Waals surface area contributed by atoms with Crippen molar-refractivity contribution in [3.8, 4) is 0 Å². The summed E-state index contributed by atoms with van der Waals surface area (Å²) >= 11 is 0. The zero-order valence-electron chi connectivity index (χ0n) is 10.9. The summed E-state index contributed by atoms with van der Waals surface area (Å²) in [5, 5.41) is 8.96. The second-order valence-corrected chi connectivity index (χ2v) is 4.49. The van der Waals surface area contributed by atoms with Crippen molar-refractivity contribution >= 4 is 17.0 Å². The number of carboxylic acid groups (broad SMARTS) is 1. The Hall–Kier alpha value is -3.02. The van der Waals surface area contributed by atoms with Crippen LogP contribution in [0.4, 0.5) is 0 Å². The van der Waals surface area contributed by atoms with E-state index in [1.54, 1.807) is 18.2 Å². The first-order chi connectivity index (χ1) is 10.1. The molecule has 0 aliphatic rings. The van der Waals surface area contributed by atoms with Gasteiger partial charge in [-0.2, -0.15) is 0 Å². The number of carboxylic acids is 1. The summed E-state index contributed by atoms with van der Waals surface area (Å²) in [5.41, 5.74) is 1.60. The van der Waals surface area contributed by atoms with E-state index in [0.29, 0.717) is 16.7 Å². The summed E-state index contributed by atoms with van der Waals surface area (Å²) in [4.78, 5) is 31.1. The minimum Gasteiger partial charge on any atom is -0.477 e. The summed E-state index contributed by atoms with van der Waals surface area (Å²) in [7, 11) is 0. The van der Waals surface area contributed by atoms with Crippen LogP contribution in [0.15, 0.2) is 53.5 Å². The fraction of sp³-hybridized carbons (Fsp3) is 0.0667. The molecular weight excluding hydrogens is 270 g/mol. The summed E-state index contributed by atoms with van der Waals surface area (Å²) in [6, 6.07) is 12.0. The van der Waals surface area contributed by atoms with Crippen molar-refractivity contribution in [3.63, 3.8) is 0 Å². The fourth-order valence-corrected chi connectivity index (χ4v) is 2.13. The monoisotopic (exact) mass is 281 g/mol. The van der Waals surface area contributed by atoms with Gasteiger partial charge in [0.25, 0.3) is 5.56 Å². The van der Waals surface area contributed by atoms with Gasteiger partial charge < -0.3 is 5.11 Å². The van der Waals surface area contributed by atoms with E-state index in [1.165, 1.54) is 16.8 Å². The topological polar surface area (TPSA) is 85.1 Å². The number of nitrogens with zero attached hydrogens (tertiary/aromatic N) is 3. The van der Waals surface area contributed by atoms with Crippen LogP contribution in [-0.2, 0) is 6.54 Å². The van der Waals surface area contributed by atoms with E-state index in [9.17, 15) is 9.59 Å². The first kappa shape index (κ1) is 13.0. The van der Waals surface area contributed by atoms with Crippen molar-refractivity contribution in [1.82, 2.24) is 14.5 Å². The van der Waals surface area contributed by atoms with Gasteiger partial charge in [0, 0.05) is 0 Å². The SMILES string of the molecule is O=C(O)c1cccc(Cn2c(=O)cnc3ccccc32)n1. The van der Waals surface area contributed by atoms with Crippen molar-refractivity contribution in [1.29, 1.82) is 0 Å². The molecule has 0 spiro atoms. The zero-order valence-corrected chi connectivity index (χ0v) is 10.9. The highest BCUT2D eigenvalue weighted by atomic mass is 16.4. The van der Waals surface area contributed by atoms with Gasteiger partial charge in [0.2, 0.25) is 0 Å². The van der Waals surface area contributed by atoms with E-state index in [0.717, 1.165) is 0 Å². The summed E-state index contributed by atoms with van der Waals surface area (Å²) in [5.74, 6) is -1.09. The molecule has 0 atom stereocenters. The van der Waals surface area contributed by atoms with Crippen LogP contribution in [0.3, 0.4) is 0 Å². The Kier molecular flexibility index (Phi) is 3.19. The molecule has 6 heteroatoms. The van der Waals surface area contributed by atoms with E-state index in [4.69, 9.17) is 5.11 Å². The summed E-state index contributed by atoms with van der Waals surface area (Å²) in [6.45, 7) is 0.197. The number of benzene rings is 1. The maximum Gasteiger partial charge on any atom is 0.354 e. The van der Waals surface area contributed by atoms with Crippen LogP contribution in [0, 0.1) is 0 Å². The molecule has 0 radical (unpaired) electrons. The number of fused-ring (bicyclic) bond motifs is 1. The molecule has 1 N–H and O–H groups in total. The molecule has 0 saturated carbocycles. The molecule has 104 valence electrons. The molecule has 6 nitrogen and oxygen atoms in total. The number of pyridine rings is 1. The van der Waals surface area contributed by atoms with Crippen LogP contribution in [-0.4, -0.2) is 25.6 Å². The molecular formula is C15H11N3O3. The molecule has 3 aromatic rings. The lowest BCUT2D eigenvalue weighted by molar-refractivity contribution is 0.0690. The second kappa shape index (κ2) is 5.16. The number of rotatable bonds is 3. The molecule has 0 aliphatic carbocycles. The Bertz CT molecular complexity index is 886. The van der Waals surface area contributed by atoms with Gasteiger partial charge in [-0.15, -0.1) is 0 Å². The molecule has 0 amide bonds. The number of para-hydroxylation sites is 2. The van der Waals surface area contributed by atoms with Gasteiger partial charge >= 0.3 is 5.97 Å². The maximum atomic E-state index is 12.0. The van der Waals surface area contributed by atoms with Crippen molar-refractivity contribution in [2.45, 2.75) is 6.54 Å². The highest BCUT2D eigenvalue weighted by Gasteiger charge is 2.08. The van der Waals surface area contributed by atoms with Crippen LogP contribution < -0.4 is 5.56 Å². The smallest absolute Gasteiger partial charge is 0.354 e. The third kappa shape index (κ3) is 2.51. The van der Waals surface area contributed by atoms with E-state index in [-0.39, 0.29) is 17.8 Å². The molecule has 1 aromatic carbocycles. The van der Waals surface area contributed by atoms with E-state index in [2.05, 4.69) is 9.97 Å². The van der Waals surface area contributed by atoms with Crippen LogP contribution >= 0.6 is 0 Å². The number of aromatic nitrogens is 3. The molecule has 3 rings (SSSR count). The largest absolute Gasteiger partial charge is 0.477 e. The molecule has 0 bridgehead atoms. The van der Waals surface area contributed by atoms with Gasteiger partial charge in [-0.25, -0.2) is 14.8 Å². The zero-order chi connectivity index (χ0) is 14.8. The fourth-order valence-electron chi connectivity index (χ4n) is 2.13. The van der Waals surface area contributed by atoms with Crippen LogP contribution in [0.1, 0.15) is 16.2 Å². The quantitative estimate of drug-likeness (QED) is 0.787. The number of carbonyl (C=O) groups is 1. The van der Waals surface area contributed by atoms with E-state index >= 15 is 0 Å². The van der Waals surface area contributed by atoms with E-state index in [1.807, 2.05) is 18.2 Å². The molecule has 0 aliphatic heterocycles. The average molecular weight is 281 g/mol. The van der Waals surface area contributed by atoms with Crippen molar-refractivity contribution in [3.05, 3.63) is 70.4 Å². The van der Waals surface area contributed by atoms with Crippen LogP contribution in [0.25, 0.3) is 11.0 Å². The van der Waals surface area contributed by atoms with Crippen molar-refractivity contribution < 1.29 is 9.90 Å². The third-order valence-electron chi connectivity index (χ3n) is 3.10. The van der Waals surface area contributed by atoms with Gasteiger partial charge in [-0.3, -0.25) is 9.36 Å². The number of hydrogen-bond donors (Lipinski definition) is 1. The van der Waals surface area contributed by atoms with Gasteiger partial charge in [0.1, 0.15) is 5.69 Å². The summed E-state index contributed by atoms with van der Waals surface area (Å²) < 4.78 is 1.52. The predicted octanol–water partition coefficient (Wildman–Crippen LogP) is 1.54. The molecule has 21 heavy (non-hydrogen) atoms. The van der Waals surface area contributed by atoms with Crippen molar-refractivity contribution in [2.24, 2.45) is 0 Å². The molecule has 2 heterocycles. The van der Waals surface area contributed by atoms with Gasteiger partial charge in [-0.1, -0.05) is 18.2 Å². The Balaban J connectivity index is 2.10. The van der Waals surface area contributed by atoms with Gasteiger partial charge in [0.05, 0.1) is 29.5 Å². The van der Waals surface area contributed by atoms with Gasteiger partial charge in [0.15, 0.2) is 0 Å². The minimum atomic E-state index is -1.09. The molecule has 2 aromatic heterocycles. The second-order valence-electron chi connectivity index (χ2n) is 4.49. The minimum absolute atomic E-state index is 0.0427. The lowest BCUT2D eigenvalue weighted by Crippen LogP contribution is -2.21. The Morgan fingerprint density at radius 2 is 1.95 bits per heavy atom. The third-order valence-corrected chi connectivity index (χ3v) is 3.10. The first-order valence-electron chi connectivity index (χ1n) is 6.29. The lowest BCUT2D eigenvalue weighted by Gasteiger charge is -2.09. The number of hydrogen-bond acceptors (Lipinski definition) is 4. The Morgan fingerprint density at radius 3 is 2.76 bits per heavy atom. The van der Waals surface area contributed by atoms with Crippen LogP contribution in [0.5, 0.6) is 0 Å². The van der Waals surface area contributed by atoms with Crippen LogP contribution in [0.2, 0.25) is 0 Å². The average Bonchev–Trinajstić information content (AvgIpc) is 2.50. The predicted molar refractivity (Wildman–Crippen MR) is 76.3 cm³/mol. The molecule has 0 fully saturated rings. The molecule has 0 saturated heterocycles. The molecule has 0 unspecified atom stereocenters. The first-order valence-corrected chi connectivity index (χ1v) is 6.29. The maximum absolute atomic E-state index is 12.0. The van der Waals surface area contributed by atoms with Crippen molar-refractivity contribution in [2.75, 3.05) is 0 Å². The standard InChI is InChI=1S/C15H11N3O3/c19-14-8-16-11-5-1-2-7-13(11)18(14)9-10-4-3-6-12(17-10)15(20)21/h1-8H,9H2,(H,20,21). The highest BCUT2D eigenvalue weighted by Crippen LogP contribution is 2.10. The highest BCUT2D eigenvalue weighted by molar-refractivity contribution is 5.85. The normalized spacial score (nSPS) is 10.7. The Morgan fingerprint density at radius 1 is 1.14 bits per heavy atom. The lowest BCUT2D eigenvalue weighted by atomic mass is 10.2.